The van der Waals surface area contributed by atoms with Crippen LogP contribution in [0.4, 0.5) is 0 Å². The Hall–Kier alpha value is -2.87. The SMILES string of the molecule is CC(NC(=O)c1[nH]cc2c1CCS2(=O)=O)c1cnn(Cc2ccccc2)c1. The van der Waals surface area contributed by atoms with E-state index in [2.05, 4.69) is 15.4 Å². The molecule has 0 aliphatic carbocycles. The maximum Gasteiger partial charge on any atom is 0.268 e. The molecule has 0 saturated carbocycles. The zero-order valence-electron chi connectivity index (χ0n) is 14.8. The predicted molar refractivity (Wildman–Crippen MR) is 100 cm³/mol. The molecule has 1 aromatic carbocycles. The van der Waals surface area contributed by atoms with Crippen molar-refractivity contribution in [2.24, 2.45) is 0 Å². The fourth-order valence-electron chi connectivity index (χ4n) is 3.32. The summed E-state index contributed by atoms with van der Waals surface area (Å²) in [6, 6.07) is 9.76. The number of aromatic nitrogens is 3. The monoisotopic (exact) mass is 384 g/mol. The fourth-order valence-corrected chi connectivity index (χ4v) is 4.83. The first-order chi connectivity index (χ1) is 12.9. The lowest BCUT2D eigenvalue weighted by Gasteiger charge is -2.12. The molecule has 0 fully saturated rings. The number of sulfone groups is 1. The number of nitrogens with zero attached hydrogens (tertiary/aromatic N) is 2. The zero-order valence-corrected chi connectivity index (χ0v) is 15.7. The van der Waals surface area contributed by atoms with Crippen LogP contribution in [-0.4, -0.2) is 34.8 Å². The summed E-state index contributed by atoms with van der Waals surface area (Å²) in [4.78, 5) is 15.7. The first kappa shape index (κ1) is 17.5. The lowest BCUT2D eigenvalue weighted by atomic mass is 10.1. The lowest BCUT2D eigenvalue weighted by molar-refractivity contribution is 0.0934. The number of amides is 1. The van der Waals surface area contributed by atoms with Gasteiger partial charge in [0.05, 0.1) is 29.4 Å². The van der Waals surface area contributed by atoms with E-state index in [0.29, 0.717) is 24.2 Å². The van der Waals surface area contributed by atoms with Crippen LogP contribution in [0.3, 0.4) is 0 Å². The highest BCUT2D eigenvalue weighted by atomic mass is 32.2. The van der Waals surface area contributed by atoms with Crippen LogP contribution in [0.1, 0.15) is 40.1 Å². The number of fused-ring (bicyclic) bond motifs is 1. The van der Waals surface area contributed by atoms with Crippen molar-refractivity contribution in [2.45, 2.75) is 30.8 Å². The third-order valence-corrected chi connectivity index (χ3v) is 6.59. The standard InChI is InChI=1S/C19H20N4O3S/c1-13(15-9-21-23(12-15)11-14-5-3-2-4-6-14)22-19(24)18-16-7-8-27(25,26)17(16)10-20-18/h2-6,9-10,12-13,20H,7-8,11H2,1H3,(H,22,24). The quantitative estimate of drug-likeness (QED) is 0.704. The molecule has 0 bridgehead atoms. The van der Waals surface area contributed by atoms with Gasteiger partial charge >= 0.3 is 0 Å². The average Bonchev–Trinajstić information content (AvgIpc) is 3.33. The molecule has 2 aromatic heterocycles. The first-order valence-corrected chi connectivity index (χ1v) is 10.4. The van der Waals surface area contributed by atoms with E-state index in [4.69, 9.17) is 0 Å². The molecule has 27 heavy (non-hydrogen) atoms. The molecule has 140 valence electrons. The Bertz CT molecular complexity index is 1080. The minimum atomic E-state index is -3.25. The third kappa shape index (κ3) is 3.40. The van der Waals surface area contributed by atoms with Gasteiger partial charge in [0.1, 0.15) is 5.69 Å². The summed E-state index contributed by atoms with van der Waals surface area (Å²) in [6.45, 7) is 2.53. The van der Waals surface area contributed by atoms with E-state index in [0.717, 1.165) is 11.1 Å². The molecular weight excluding hydrogens is 364 g/mol. The summed E-state index contributed by atoms with van der Waals surface area (Å²) >= 11 is 0. The van der Waals surface area contributed by atoms with Crippen LogP contribution < -0.4 is 5.32 Å². The molecule has 0 radical (unpaired) electrons. The number of benzene rings is 1. The Balaban J connectivity index is 1.46. The van der Waals surface area contributed by atoms with Gasteiger partial charge in [0.15, 0.2) is 9.84 Å². The molecule has 4 rings (SSSR count). The van der Waals surface area contributed by atoms with Gasteiger partial charge in [-0.15, -0.1) is 0 Å². The molecule has 2 N–H and O–H groups in total. The van der Waals surface area contributed by atoms with Crippen molar-refractivity contribution in [1.82, 2.24) is 20.1 Å². The summed E-state index contributed by atoms with van der Waals surface area (Å²) in [7, 11) is -3.25. The molecular formula is C19H20N4O3S. The topological polar surface area (TPSA) is 96.8 Å². The largest absolute Gasteiger partial charge is 0.356 e. The van der Waals surface area contributed by atoms with Crippen molar-refractivity contribution in [2.75, 3.05) is 5.75 Å². The van der Waals surface area contributed by atoms with E-state index in [1.54, 1.807) is 6.20 Å². The summed E-state index contributed by atoms with van der Waals surface area (Å²) in [5.74, 6) is -0.245. The molecule has 7 nitrogen and oxygen atoms in total. The first-order valence-electron chi connectivity index (χ1n) is 8.74. The smallest absolute Gasteiger partial charge is 0.268 e. The number of hydrogen-bond donors (Lipinski definition) is 2. The highest BCUT2D eigenvalue weighted by molar-refractivity contribution is 7.91. The minimum Gasteiger partial charge on any atom is -0.356 e. The molecule has 8 heteroatoms. The van der Waals surface area contributed by atoms with Crippen molar-refractivity contribution < 1.29 is 13.2 Å². The summed E-state index contributed by atoms with van der Waals surface area (Å²) in [5.41, 5.74) is 2.94. The van der Waals surface area contributed by atoms with Crippen molar-refractivity contribution in [3.8, 4) is 0 Å². The van der Waals surface area contributed by atoms with E-state index in [9.17, 15) is 13.2 Å². The van der Waals surface area contributed by atoms with Crippen molar-refractivity contribution >= 4 is 15.7 Å². The number of aromatic amines is 1. The van der Waals surface area contributed by atoms with Crippen LogP contribution in [0.2, 0.25) is 0 Å². The van der Waals surface area contributed by atoms with Crippen LogP contribution in [0.25, 0.3) is 0 Å². The molecule has 0 saturated heterocycles. The molecule has 1 amide bonds. The molecule has 1 aliphatic heterocycles. The average molecular weight is 384 g/mol. The molecule has 3 heterocycles. The van der Waals surface area contributed by atoms with Crippen molar-refractivity contribution in [3.63, 3.8) is 0 Å². The van der Waals surface area contributed by atoms with Gasteiger partial charge in [-0.2, -0.15) is 5.10 Å². The normalized spacial score (nSPS) is 16.0. The van der Waals surface area contributed by atoms with Gasteiger partial charge in [-0.1, -0.05) is 30.3 Å². The summed E-state index contributed by atoms with van der Waals surface area (Å²) in [5, 5.41) is 7.27. The Morgan fingerprint density at radius 1 is 1.33 bits per heavy atom. The van der Waals surface area contributed by atoms with Gasteiger partial charge < -0.3 is 10.3 Å². The Morgan fingerprint density at radius 2 is 2.11 bits per heavy atom. The van der Waals surface area contributed by atoms with Gasteiger partial charge in [-0.25, -0.2) is 8.42 Å². The number of H-pyrrole nitrogens is 1. The van der Waals surface area contributed by atoms with Crippen molar-refractivity contribution in [3.05, 3.63) is 71.3 Å². The van der Waals surface area contributed by atoms with Crippen LogP contribution >= 0.6 is 0 Å². The second-order valence-corrected chi connectivity index (χ2v) is 8.80. The number of carbonyl (C=O) groups is 1. The van der Waals surface area contributed by atoms with Gasteiger partial charge in [0, 0.05) is 23.5 Å². The minimum absolute atomic E-state index is 0.0639. The van der Waals surface area contributed by atoms with Crippen LogP contribution in [0, 0.1) is 0 Å². The van der Waals surface area contributed by atoms with E-state index in [-0.39, 0.29) is 22.6 Å². The molecule has 1 unspecified atom stereocenters. The molecule has 0 spiro atoms. The third-order valence-electron chi connectivity index (χ3n) is 4.82. The van der Waals surface area contributed by atoms with Crippen LogP contribution in [0.15, 0.2) is 53.8 Å². The second-order valence-electron chi connectivity index (χ2n) is 6.73. The maximum absolute atomic E-state index is 12.6. The fraction of sp³-hybridized carbons (Fsp3) is 0.263. The zero-order chi connectivity index (χ0) is 19.0. The van der Waals surface area contributed by atoms with Gasteiger partial charge in [0.25, 0.3) is 5.91 Å². The predicted octanol–water partition coefficient (Wildman–Crippen LogP) is 2.08. The molecule has 3 aromatic rings. The Labute approximate surface area is 157 Å². The van der Waals surface area contributed by atoms with Crippen LogP contribution in [0.5, 0.6) is 0 Å². The summed E-state index contributed by atoms with van der Waals surface area (Å²) in [6.07, 6.45) is 5.42. The number of carbonyl (C=O) groups excluding carboxylic acids is 1. The molecule has 1 aliphatic rings. The van der Waals surface area contributed by atoms with E-state index in [1.165, 1.54) is 6.20 Å². The van der Waals surface area contributed by atoms with Gasteiger partial charge in [-0.05, 0) is 18.9 Å². The molecule has 1 atom stereocenters. The van der Waals surface area contributed by atoms with Crippen LogP contribution in [-0.2, 0) is 22.8 Å². The lowest BCUT2D eigenvalue weighted by Crippen LogP contribution is -2.27. The second kappa shape index (κ2) is 6.70. The van der Waals surface area contributed by atoms with Gasteiger partial charge in [0.2, 0.25) is 0 Å². The summed E-state index contributed by atoms with van der Waals surface area (Å²) < 4.78 is 25.7. The maximum atomic E-state index is 12.6. The van der Waals surface area contributed by atoms with Gasteiger partial charge in [-0.3, -0.25) is 9.48 Å². The number of nitrogens with one attached hydrogen (secondary N) is 2. The van der Waals surface area contributed by atoms with E-state index >= 15 is 0 Å². The number of rotatable bonds is 5. The Morgan fingerprint density at radius 3 is 2.89 bits per heavy atom. The Kier molecular flexibility index (Phi) is 4.35. The number of hydrogen-bond acceptors (Lipinski definition) is 4. The highest BCUT2D eigenvalue weighted by Gasteiger charge is 2.32. The van der Waals surface area contributed by atoms with E-state index in [1.807, 2.05) is 48.1 Å². The van der Waals surface area contributed by atoms with Crippen molar-refractivity contribution in [1.29, 1.82) is 0 Å². The highest BCUT2D eigenvalue weighted by Crippen LogP contribution is 2.28. The van der Waals surface area contributed by atoms with E-state index < -0.39 is 9.84 Å².